The van der Waals surface area contributed by atoms with Crippen LogP contribution in [0.2, 0.25) is 0 Å². The SMILES string of the molecule is CNc1cc(C)nc(-c2ccccc2C(F)(F)F)n1. The van der Waals surface area contributed by atoms with E-state index in [0.29, 0.717) is 11.5 Å². The number of halogens is 3. The lowest BCUT2D eigenvalue weighted by molar-refractivity contribution is -0.137. The van der Waals surface area contributed by atoms with Crippen LogP contribution in [-0.2, 0) is 6.18 Å². The number of aryl methyl sites for hydroxylation is 1. The minimum Gasteiger partial charge on any atom is -0.373 e. The Bertz CT molecular complexity index is 594. The molecular formula is C13H12F3N3. The summed E-state index contributed by atoms with van der Waals surface area (Å²) in [6.45, 7) is 1.71. The van der Waals surface area contributed by atoms with Crippen LogP contribution in [0.1, 0.15) is 11.3 Å². The van der Waals surface area contributed by atoms with Gasteiger partial charge in [-0.3, -0.25) is 0 Å². The molecule has 19 heavy (non-hydrogen) atoms. The second-order valence-corrected chi connectivity index (χ2v) is 4.01. The van der Waals surface area contributed by atoms with Crippen molar-refractivity contribution in [3.8, 4) is 11.4 Å². The Morgan fingerprint density at radius 2 is 1.79 bits per heavy atom. The van der Waals surface area contributed by atoms with Gasteiger partial charge in [0.15, 0.2) is 5.82 Å². The summed E-state index contributed by atoms with van der Waals surface area (Å²) in [5, 5.41) is 2.80. The molecule has 2 rings (SSSR count). The zero-order valence-corrected chi connectivity index (χ0v) is 10.4. The lowest BCUT2D eigenvalue weighted by Gasteiger charge is -2.12. The van der Waals surface area contributed by atoms with Crippen molar-refractivity contribution in [1.29, 1.82) is 0 Å². The molecule has 0 amide bonds. The van der Waals surface area contributed by atoms with Crippen molar-refractivity contribution in [2.45, 2.75) is 13.1 Å². The van der Waals surface area contributed by atoms with Crippen molar-refractivity contribution in [2.24, 2.45) is 0 Å². The van der Waals surface area contributed by atoms with Gasteiger partial charge in [0.25, 0.3) is 0 Å². The van der Waals surface area contributed by atoms with Gasteiger partial charge in [-0.15, -0.1) is 0 Å². The first-order valence-corrected chi connectivity index (χ1v) is 5.62. The lowest BCUT2D eigenvalue weighted by Crippen LogP contribution is -2.08. The van der Waals surface area contributed by atoms with E-state index in [0.717, 1.165) is 6.07 Å². The molecule has 0 spiro atoms. The first-order valence-electron chi connectivity index (χ1n) is 5.62. The fraction of sp³-hybridized carbons (Fsp3) is 0.231. The van der Waals surface area contributed by atoms with Gasteiger partial charge in [0.05, 0.1) is 5.56 Å². The van der Waals surface area contributed by atoms with Crippen molar-refractivity contribution in [2.75, 3.05) is 12.4 Å². The number of benzene rings is 1. The zero-order valence-electron chi connectivity index (χ0n) is 10.4. The number of anilines is 1. The van der Waals surface area contributed by atoms with E-state index in [4.69, 9.17) is 0 Å². The van der Waals surface area contributed by atoms with Crippen molar-refractivity contribution in [3.05, 3.63) is 41.6 Å². The molecule has 0 aliphatic rings. The largest absolute Gasteiger partial charge is 0.417 e. The number of nitrogens with zero attached hydrogens (tertiary/aromatic N) is 2. The molecule has 1 N–H and O–H groups in total. The van der Waals surface area contributed by atoms with Gasteiger partial charge < -0.3 is 5.32 Å². The van der Waals surface area contributed by atoms with Crippen LogP contribution in [0.25, 0.3) is 11.4 Å². The molecule has 2 aromatic rings. The molecule has 1 aromatic carbocycles. The highest BCUT2D eigenvalue weighted by atomic mass is 19.4. The summed E-state index contributed by atoms with van der Waals surface area (Å²) in [7, 11) is 1.65. The summed E-state index contributed by atoms with van der Waals surface area (Å²) in [6, 6.07) is 6.95. The van der Waals surface area contributed by atoms with Crippen molar-refractivity contribution >= 4 is 5.82 Å². The van der Waals surface area contributed by atoms with Gasteiger partial charge >= 0.3 is 6.18 Å². The van der Waals surface area contributed by atoms with Gasteiger partial charge in [-0.2, -0.15) is 13.2 Å². The number of rotatable bonds is 2. The quantitative estimate of drug-likeness (QED) is 0.904. The maximum Gasteiger partial charge on any atom is 0.417 e. The standard InChI is InChI=1S/C13H12F3N3/c1-8-7-11(17-2)19-12(18-8)9-5-3-4-6-10(9)13(14,15)16/h3-7H,1-2H3,(H,17,18,19). The number of aromatic nitrogens is 2. The number of hydrogen-bond acceptors (Lipinski definition) is 3. The molecule has 0 aliphatic heterocycles. The van der Waals surface area contributed by atoms with Crippen LogP contribution in [-0.4, -0.2) is 17.0 Å². The monoisotopic (exact) mass is 267 g/mol. The summed E-state index contributed by atoms with van der Waals surface area (Å²) in [5.74, 6) is 0.553. The summed E-state index contributed by atoms with van der Waals surface area (Å²) >= 11 is 0. The minimum atomic E-state index is -4.43. The first kappa shape index (κ1) is 13.3. The van der Waals surface area contributed by atoms with Crippen LogP contribution in [0.4, 0.5) is 19.0 Å². The molecule has 0 fully saturated rings. The Labute approximate surface area is 108 Å². The minimum absolute atomic E-state index is 0.0183. The number of hydrogen-bond donors (Lipinski definition) is 1. The van der Waals surface area contributed by atoms with E-state index in [9.17, 15) is 13.2 Å². The summed E-state index contributed by atoms with van der Waals surface area (Å²) in [4.78, 5) is 8.15. The lowest BCUT2D eigenvalue weighted by atomic mass is 10.1. The van der Waals surface area contributed by atoms with E-state index in [2.05, 4.69) is 15.3 Å². The Balaban J connectivity index is 2.62. The normalized spacial score (nSPS) is 11.4. The molecule has 3 nitrogen and oxygen atoms in total. The van der Waals surface area contributed by atoms with Crippen LogP contribution in [0, 0.1) is 6.92 Å². The predicted octanol–water partition coefficient (Wildman–Crippen LogP) is 3.51. The Kier molecular flexibility index (Phi) is 3.42. The second kappa shape index (κ2) is 4.87. The highest BCUT2D eigenvalue weighted by molar-refractivity contribution is 5.62. The average molecular weight is 267 g/mol. The molecule has 1 aromatic heterocycles. The van der Waals surface area contributed by atoms with E-state index < -0.39 is 11.7 Å². The maximum atomic E-state index is 12.9. The third kappa shape index (κ3) is 2.83. The molecule has 0 atom stereocenters. The van der Waals surface area contributed by atoms with Gasteiger partial charge in [0.2, 0.25) is 0 Å². The number of alkyl halides is 3. The molecule has 6 heteroatoms. The third-order valence-corrected chi connectivity index (χ3v) is 2.58. The van der Waals surface area contributed by atoms with E-state index in [1.807, 2.05) is 0 Å². The van der Waals surface area contributed by atoms with E-state index in [-0.39, 0.29) is 11.4 Å². The molecule has 0 saturated carbocycles. The van der Waals surface area contributed by atoms with Crippen molar-refractivity contribution in [3.63, 3.8) is 0 Å². The zero-order chi connectivity index (χ0) is 14.0. The van der Waals surface area contributed by atoms with Gasteiger partial charge in [-0.1, -0.05) is 18.2 Å². The maximum absolute atomic E-state index is 12.9. The van der Waals surface area contributed by atoms with Crippen LogP contribution in [0.3, 0.4) is 0 Å². The molecule has 1 heterocycles. The van der Waals surface area contributed by atoms with Crippen molar-refractivity contribution < 1.29 is 13.2 Å². The van der Waals surface area contributed by atoms with Gasteiger partial charge in [0.1, 0.15) is 5.82 Å². The average Bonchev–Trinajstić information content (AvgIpc) is 2.37. The summed E-state index contributed by atoms with van der Waals surface area (Å²) in [5.41, 5.74) is -0.149. The third-order valence-electron chi connectivity index (χ3n) is 2.58. The smallest absolute Gasteiger partial charge is 0.373 e. The Morgan fingerprint density at radius 3 is 2.42 bits per heavy atom. The fourth-order valence-electron chi connectivity index (χ4n) is 1.74. The Morgan fingerprint density at radius 1 is 1.11 bits per heavy atom. The molecule has 0 radical (unpaired) electrons. The molecular weight excluding hydrogens is 255 g/mol. The number of nitrogens with one attached hydrogen (secondary N) is 1. The highest BCUT2D eigenvalue weighted by Crippen LogP contribution is 2.35. The van der Waals surface area contributed by atoms with E-state index >= 15 is 0 Å². The topological polar surface area (TPSA) is 37.8 Å². The van der Waals surface area contributed by atoms with E-state index in [1.165, 1.54) is 18.2 Å². The molecule has 100 valence electrons. The molecule has 0 saturated heterocycles. The molecule has 0 aliphatic carbocycles. The predicted molar refractivity (Wildman–Crippen MR) is 66.8 cm³/mol. The van der Waals surface area contributed by atoms with Crippen LogP contribution >= 0.6 is 0 Å². The Hall–Kier alpha value is -2.11. The summed E-state index contributed by atoms with van der Waals surface area (Å²) < 4.78 is 38.8. The fourth-order valence-corrected chi connectivity index (χ4v) is 1.74. The van der Waals surface area contributed by atoms with E-state index in [1.54, 1.807) is 20.0 Å². The van der Waals surface area contributed by atoms with Crippen LogP contribution in [0.5, 0.6) is 0 Å². The van der Waals surface area contributed by atoms with Crippen molar-refractivity contribution in [1.82, 2.24) is 9.97 Å². The summed E-state index contributed by atoms with van der Waals surface area (Å²) in [6.07, 6.45) is -4.43. The molecule has 0 unspecified atom stereocenters. The highest BCUT2D eigenvalue weighted by Gasteiger charge is 2.34. The van der Waals surface area contributed by atoms with Crippen LogP contribution < -0.4 is 5.32 Å². The van der Waals surface area contributed by atoms with Gasteiger partial charge in [0, 0.05) is 24.4 Å². The van der Waals surface area contributed by atoms with Gasteiger partial charge in [-0.05, 0) is 13.0 Å². The van der Waals surface area contributed by atoms with Gasteiger partial charge in [-0.25, -0.2) is 9.97 Å². The molecule has 0 bridgehead atoms. The second-order valence-electron chi connectivity index (χ2n) is 4.01. The van der Waals surface area contributed by atoms with Crippen LogP contribution in [0.15, 0.2) is 30.3 Å². The first-order chi connectivity index (χ1) is 8.91.